The van der Waals surface area contributed by atoms with Gasteiger partial charge in [0, 0.05) is 29.0 Å². The highest BCUT2D eigenvalue weighted by molar-refractivity contribution is 6.40. The van der Waals surface area contributed by atoms with E-state index in [9.17, 15) is 4.79 Å². The lowest BCUT2D eigenvalue weighted by atomic mass is 10.2. The summed E-state index contributed by atoms with van der Waals surface area (Å²) in [4.78, 5) is 22.4. The number of aromatic nitrogens is 2. The van der Waals surface area contributed by atoms with Crippen LogP contribution in [0.15, 0.2) is 36.5 Å². The van der Waals surface area contributed by atoms with Gasteiger partial charge in [0.2, 0.25) is 0 Å². The molecule has 2 N–H and O–H groups in total. The van der Waals surface area contributed by atoms with Gasteiger partial charge < -0.3 is 19.9 Å². The van der Waals surface area contributed by atoms with E-state index in [1.165, 1.54) is 0 Å². The average molecular weight is 419 g/mol. The summed E-state index contributed by atoms with van der Waals surface area (Å²) < 4.78 is 5.76. The second kappa shape index (κ2) is 7.62. The Bertz CT molecular complexity index is 1010. The number of nitrogens with zero attached hydrogens (tertiary/aromatic N) is 2. The Morgan fingerprint density at radius 1 is 1.21 bits per heavy atom. The predicted octanol–water partition coefficient (Wildman–Crippen LogP) is 4.74. The first-order valence-corrected chi connectivity index (χ1v) is 9.81. The van der Waals surface area contributed by atoms with Crippen molar-refractivity contribution in [1.29, 1.82) is 0 Å². The third kappa shape index (κ3) is 3.81. The van der Waals surface area contributed by atoms with E-state index in [2.05, 4.69) is 34.0 Å². The number of H-pyrrole nitrogens is 1. The number of rotatable bonds is 3. The molecule has 1 aliphatic heterocycles. The standard InChI is InChI=1S/C20H20Cl2N4O2/c1-11-9-26(10-12(2)28-11)17-6-4-14(8-23-17)24-20(27)19-18(22)15-7-13(21)3-5-16(15)25-19/h3-8,11-12,25H,9-10H2,1-2H3,(H,24,27). The Balaban J connectivity index is 1.50. The highest BCUT2D eigenvalue weighted by atomic mass is 35.5. The molecule has 6 nitrogen and oxygen atoms in total. The van der Waals surface area contributed by atoms with Crippen LogP contribution in [-0.2, 0) is 4.74 Å². The van der Waals surface area contributed by atoms with Crippen molar-refractivity contribution in [2.45, 2.75) is 26.1 Å². The lowest BCUT2D eigenvalue weighted by molar-refractivity contribution is -0.00545. The van der Waals surface area contributed by atoms with E-state index in [1.807, 2.05) is 12.1 Å². The second-order valence-corrected chi connectivity index (χ2v) is 7.84. The molecule has 0 spiro atoms. The molecule has 1 fully saturated rings. The number of carbonyl (C=O) groups is 1. The number of hydrogen-bond donors (Lipinski definition) is 2. The summed E-state index contributed by atoms with van der Waals surface area (Å²) in [5, 5.41) is 4.45. The van der Waals surface area contributed by atoms with Crippen LogP contribution in [0.2, 0.25) is 10.0 Å². The van der Waals surface area contributed by atoms with E-state index in [1.54, 1.807) is 24.4 Å². The molecule has 1 aliphatic rings. The van der Waals surface area contributed by atoms with Gasteiger partial charge in [-0.1, -0.05) is 23.2 Å². The first kappa shape index (κ1) is 19.1. The molecule has 0 aliphatic carbocycles. The molecule has 1 saturated heterocycles. The normalized spacial score (nSPS) is 19.8. The largest absolute Gasteiger partial charge is 0.372 e. The maximum Gasteiger partial charge on any atom is 0.273 e. The van der Waals surface area contributed by atoms with E-state index in [0.29, 0.717) is 26.8 Å². The minimum absolute atomic E-state index is 0.155. The van der Waals surface area contributed by atoms with Crippen LogP contribution < -0.4 is 10.2 Å². The van der Waals surface area contributed by atoms with Crippen LogP contribution in [0, 0.1) is 0 Å². The minimum atomic E-state index is -0.333. The van der Waals surface area contributed by atoms with Gasteiger partial charge in [-0.25, -0.2) is 4.98 Å². The van der Waals surface area contributed by atoms with Crippen LogP contribution in [0.1, 0.15) is 24.3 Å². The van der Waals surface area contributed by atoms with E-state index in [0.717, 1.165) is 24.4 Å². The van der Waals surface area contributed by atoms with Crippen molar-refractivity contribution in [3.63, 3.8) is 0 Å². The number of nitrogens with one attached hydrogen (secondary N) is 2. The zero-order valence-corrected chi connectivity index (χ0v) is 17.0. The number of ether oxygens (including phenoxy) is 1. The Morgan fingerprint density at radius 3 is 2.64 bits per heavy atom. The Labute approximate surface area is 172 Å². The molecule has 28 heavy (non-hydrogen) atoms. The highest BCUT2D eigenvalue weighted by Gasteiger charge is 2.23. The summed E-state index contributed by atoms with van der Waals surface area (Å²) in [6.07, 6.45) is 1.95. The Kier molecular flexibility index (Phi) is 5.19. The zero-order chi connectivity index (χ0) is 19.8. The summed E-state index contributed by atoms with van der Waals surface area (Å²) >= 11 is 12.4. The van der Waals surface area contributed by atoms with Gasteiger partial charge in [-0.2, -0.15) is 0 Å². The van der Waals surface area contributed by atoms with E-state index in [-0.39, 0.29) is 18.1 Å². The van der Waals surface area contributed by atoms with Gasteiger partial charge in [-0.3, -0.25) is 4.79 Å². The molecular formula is C20H20Cl2N4O2. The molecule has 0 bridgehead atoms. The molecule has 2 aromatic heterocycles. The van der Waals surface area contributed by atoms with Gasteiger partial charge in [0.1, 0.15) is 11.5 Å². The number of aromatic amines is 1. The third-order valence-corrected chi connectivity index (χ3v) is 5.30. The number of halogens is 2. The van der Waals surface area contributed by atoms with Crippen LogP contribution in [0.25, 0.3) is 10.9 Å². The number of hydrogen-bond acceptors (Lipinski definition) is 4. The van der Waals surface area contributed by atoms with Crippen LogP contribution in [0.3, 0.4) is 0 Å². The number of carbonyl (C=O) groups excluding carboxylic acids is 1. The predicted molar refractivity (Wildman–Crippen MR) is 113 cm³/mol. The SMILES string of the molecule is CC1CN(c2ccc(NC(=O)c3[nH]c4ccc(Cl)cc4c3Cl)cn2)CC(C)O1. The zero-order valence-electron chi connectivity index (χ0n) is 15.5. The Hall–Kier alpha value is -2.28. The number of pyridine rings is 1. The fourth-order valence-corrected chi connectivity index (χ4v) is 3.95. The van der Waals surface area contributed by atoms with Crippen molar-refractivity contribution in [2.75, 3.05) is 23.3 Å². The maximum atomic E-state index is 12.6. The van der Waals surface area contributed by atoms with Crippen LogP contribution in [0.5, 0.6) is 0 Å². The summed E-state index contributed by atoms with van der Waals surface area (Å²) in [7, 11) is 0. The molecule has 3 aromatic rings. The molecule has 3 heterocycles. The van der Waals surface area contributed by atoms with Gasteiger partial charge in [0.25, 0.3) is 5.91 Å². The van der Waals surface area contributed by atoms with Crippen molar-refractivity contribution < 1.29 is 9.53 Å². The fraction of sp³-hybridized carbons (Fsp3) is 0.300. The molecule has 8 heteroatoms. The van der Waals surface area contributed by atoms with E-state index in [4.69, 9.17) is 27.9 Å². The smallest absolute Gasteiger partial charge is 0.273 e. The first-order valence-electron chi connectivity index (χ1n) is 9.05. The maximum absolute atomic E-state index is 12.6. The quantitative estimate of drug-likeness (QED) is 0.644. The number of benzene rings is 1. The lowest BCUT2D eigenvalue weighted by Crippen LogP contribution is -2.45. The molecule has 146 valence electrons. The van der Waals surface area contributed by atoms with Crippen molar-refractivity contribution in [3.8, 4) is 0 Å². The van der Waals surface area contributed by atoms with Crippen molar-refractivity contribution in [2.24, 2.45) is 0 Å². The van der Waals surface area contributed by atoms with Gasteiger partial charge in [-0.05, 0) is 44.2 Å². The molecule has 0 saturated carbocycles. The third-order valence-electron chi connectivity index (χ3n) is 4.67. The van der Waals surface area contributed by atoms with Crippen LogP contribution in [0.4, 0.5) is 11.5 Å². The number of morpholine rings is 1. The monoisotopic (exact) mass is 418 g/mol. The van der Waals surface area contributed by atoms with Gasteiger partial charge in [0.05, 0.1) is 29.1 Å². The van der Waals surface area contributed by atoms with Crippen LogP contribution in [-0.4, -0.2) is 41.2 Å². The minimum Gasteiger partial charge on any atom is -0.372 e. The van der Waals surface area contributed by atoms with Gasteiger partial charge in [0.15, 0.2) is 0 Å². The van der Waals surface area contributed by atoms with E-state index >= 15 is 0 Å². The molecule has 4 rings (SSSR count). The molecule has 2 unspecified atom stereocenters. The number of anilines is 2. The molecule has 1 amide bonds. The summed E-state index contributed by atoms with van der Waals surface area (Å²) in [6, 6.07) is 8.99. The van der Waals surface area contributed by atoms with Crippen LogP contribution >= 0.6 is 23.2 Å². The second-order valence-electron chi connectivity index (χ2n) is 7.03. The number of fused-ring (bicyclic) bond motifs is 1. The number of amides is 1. The Morgan fingerprint density at radius 2 is 1.96 bits per heavy atom. The summed E-state index contributed by atoms with van der Waals surface area (Å²) in [6.45, 7) is 5.68. The topological polar surface area (TPSA) is 70.2 Å². The summed E-state index contributed by atoms with van der Waals surface area (Å²) in [5.74, 6) is 0.527. The van der Waals surface area contributed by atoms with Gasteiger partial charge in [-0.15, -0.1) is 0 Å². The molecule has 2 atom stereocenters. The van der Waals surface area contributed by atoms with Crippen molar-refractivity contribution in [1.82, 2.24) is 9.97 Å². The molecule has 0 radical (unpaired) electrons. The van der Waals surface area contributed by atoms with Crippen molar-refractivity contribution >= 4 is 51.5 Å². The first-order chi connectivity index (χ1) is 13.4. The van der Waals surface area contributed by atoms with Gasteiger partial charge >= 0.3 is 0 Å². The highest BCUT2D eigenvalue weighted by Crippen LogP contribution is 2.30. The van der Waals surface area contributed by atoms with E-state index < -0.39 is 0 Å². The molecular weight excluding hydrogens is 399 g/mol. The fourth-order valence-electron chi connectivity index (χ4n) is 3.49. The van der Waals surface area contributed by atoms with Crippen molar-refractivity contribution in [3.05, 3.63) is 52.3 Å². The lowest BCUT2D eigenvalue weighted by Gasteiger charge is -2.36. The summed E-state index contributed by atoms with van der Waals surface area (Å²) in [5.41, 5.74) is 1.64. The molecule has 1 aromatic carbocycles. The average Bonchev–Trinajstić information content (AvgIpc) is 2.98.